The standard InChI is InChI=1S/C17H18N6O3/c18-9-15(24)20-14-8-7-12(16(19)21-14)23-22-11-3-1-2-4-13(11)26-17(25)10-5-6-10/h1-4,7-8,10H,5-6,9,18H2,(H3,19,20,21,24). The zero-order valence-corrected chi connectivity index (χ0v) is 13.9. The number of hydrogen-bond donors (Lipinski definition) is 3. The molecule has 2 aromatic rings. The number of hydrogen-bond acceptors (Lipinski definition) is 8. The fraction of sp³-hybridized carbons (Fsp3) is 0.235. The molecule has 1 heterocycles. The first-order valence-electron chi connectivity index (χ1n) is 8.05. The average molecular weight is 354 g/mol. The highest BCUT2D eigenvalue weighted by molar-refractivity contribution is 5.91. The smallest absolute Gasteiger partial charge is 0.314 e. The monoisotopic (exact) mass is 354 g/mol. The van der Waals surface area contributed by atoms with Crippen molar-refractivity contribution in [1.82, 2.24) is 4.98 Å². The maximum Gasteiger partial charge on any atom is 0.314 e. The lowest BCUT2D eigenvalue weighted by atomic mass is 10.3. The van der Waals surface area contributed by atoms with Crippen LogP contribution in [0.3, 0.4) is 0 Å². The number of benzene rings is 1. The summed E-state index contributed by atoms with van der Waals surface area (Å²) in [7, 11) is 0. The Morgan fingerprint density at radius 2 is 1.88 bits per heavy atom. The number of nitrogens with zero attached hydrogens (tertiary/aromatic N) is 3. The van der Waals surface area contributed by atoms with E-state index in [0.29, 0.717) is 17.1 Å². The number of para-hydroxylation sites is 1. The SMILES string of the molecule is NCC(=O)Nc1ccc(N=Nc2ccccc2OC(=O)C2CC2)c(N)n1. The fourth-order valence-electron chi connectivity index (χ4n) is 2.06. The van der Waals surface area contributed by atoms with Crippen LogP contribution in [0.2, 0.25) is 0 Å². The lowest BCUT2D eigenvalue weighted by molar-refractivity contribution is -0.135. The molecule has 26 heavy (non-hydrogen) atoms. The molecule has 0 saturated heterocycles. The van der Waals surface area contributed by atoms with Gasteiger partial charge in [0.25, 0.3) is 0 Å². The van der Waals surface area contributed by atoms with Gasteiger partial charge in [0.2, 0.25) is 5.91 Å². The molecule has 1 amide bonds. The van der Waals surface area contributed by atoms with Crippen LogP contribution in [0.5, 0.6) is 5.75 Å². The first-order chi connectivity index (χ1) is 12.6. The summed E-state index contributed by atoms with van der Waals surface area (Å²) in [6, 6.07) is 9.95. The van der Waals surface area contributed by atoms with Gasteiger partial charge in [0.1, 0.15) is 17.2 Å². The van der Waals surface area contributed by atoms with Gasteiger partial charge < -0.3 is 21.5 Å². The van der Waals surface area contributed by atoms with Gasteiger partial charge in [-0.15, -0.1) is 10.2 Å². The highest BCUT2D eigenvalue weighted by Gasteiger charge is 2.32. The first kappa shape index (κ1) is 17.5. The summed E-state index contributed by atoms with van der Waals surface area (Å²) in [6.45, 7) is -0.153. The van der Waals surface area contributed by atoms with Crippen molar-refractivity contribution < 1.29 is 14.3 Å². The molecule has 134 valence electrons. The summed E-state index contributed by atoms with van der Waals surface area (Å²) in [5.74, 6) is 0.0563. The lowest BCUT2D eigenvalue weighted by Crippen LogP contribution is -2.22. The molecular weight excluding hydrogens is 336 g/mol. The molecule has 1 aromatic carbocycles. The van der Waals surface area contributed by atoms with Gasteiger partial charge in [-0.1, -0.05) is 12.1 Å². The number of amides is 1. The van der Waals surface area contributed by atoms with Crippen LogP contribution in [0.15, 0.2) is 46.6 Å². The van der Waals surface area contributed by atoms with E-state index in [1.165, 1.54) is 6.07 Å². The molecule has 1 saturated carbocycles. The van der Waals surface area contributed by atoms with Gasteiger partial charge >= 0.3 is 5.97 Å². The molecule has 1 aliphatic rings. The predicted octanol–water partition coefficient (Wildman–Crippen LogP) is 2.29. The van der Waals surface area contributed by atoms with E-state index in [4.69, 9.17) is 16.2 Å². The molecule has 0 aliphatic heterocycles. The Morgan fingerprint density at radius 1 is 1.15 bits per heavy atom. The van der Waals surface area contributed by atoms with E-state index in [1.807, 2.05) is 0 Å². The Kier molecular flexibility index (Phi) is 5.18. The van der Waals surface area contributed by atoms with Crippen molar-refractivity contribution in [3.8, 4) is 5.75 Å². The molecule has 0 bridgehead atoms. The Bertz CT molecular complexity index is 863. The van der Waals surface area contributed by atoms with Gasteiger partial charge in [0.15, 0.2) is 11.6 Å². The van der Waals surface area contributed by atoms with Crippen molar-refractivity contribution in [3.63, 3.8) is 0 Å². The summed E-state index contributed by atoms with van der Waals surface area (Å²) < 4.78 is 5.36. The van der Waals surface area contributed by atoms with Gasteiger partial charge in [-0.05, 0) is 37.1 Å². The second-order valence-corrected chi connectivity index (χ2v) is 5.72. The Labute approximate surface area is 149 Å². The second-order valence-electron chi connectivity index (χ2n) is 5.72. The number of pyridine rings is 1. The Balaban J connectivity index is 1.75. The maximum absolute atomic E-state index is 11.8. The van der Waals surface area contributed by atoms with Crippen molar-refractivity contribution in [3.05, 3.63) is 36.4 Å². The van der Waals surface area contributed by atoms with Crippen LogP contribution in [0.1, 0.15) is 12.8 Å². The number of ether oxygens (including phenoxy) is 1. The minimum atomic E-state index is -0.377. The van der Waals surface area contributed by atoms with E-state index in [-0.39, 0.29) is 36.0 Å². The quantitative estimate of drug-likeness (QED) is 0.412. The van der Waals surface area contributed by atoms with E-state index in [9.17, 15) is 9.59 Å². The van der Waals surface area contributed by atoms with Gasteiger partial charge in [0, 0.05) is 0 Å². The van der Waals surface area contributed by atoms with Gasteiger partial charge in [-0.2, -0.15) is 0 Å². The van der Waals surface area contributed by atoms with Crippen molar-refractivity contribution in [1.29, 1.82) is 0 Å². The van der Waals surface area contributed by atoms with Crippen LogP contribution >= 0.6 is 0 Å². The number of esters is 1. The van der Waals surface area contributed by atoms with Gasteiger partial charge in [-0.25, -0.2) is 4.98 Å². The summed E-state index contributed by atoms with van der Waals surface area (Å²) >= 11 is 0. The van der Waals surface area contributed by atoms with Crippen molar-refractivity contribution in [2.75, 3.05) is 17.6 Å². The van der Waals surface area contributed by atoms with Crippen LogP contribution in [-0.4, -0.2) is 23.4 Å². The Hall–Kier alpha value is -3.33. The van der Waals surface area contributed by atoms with E-state index in [1.54, 1.807) is 30.3 Å². The largest absolute Gasteiger partial charge is 0.424 e. The molecule has 9 heteroatoms. The molecular formula is C17H18N6O3. The minimum Gasteiger partial charge on any atom is -0.424 e. The molecule has 0 unspecified atom stereocenters. The molecule has 1 aliphatic carbocycles. The van der Waals surface area contributed by atoms with Crippen LogP contribution in [-0.2, 0) is 9.59 Å². The molecule has 9 nitrogen and oxygen atoms in total. The number of nitrogens with one attached hydrogen (secondary N) is 1. The highest BCUT2D eigenvalue weighted by atomic mass is 16.5. The number of carbonyl (C=O) groups is 2. The highest BCUT2D eigenvalue weighted by Crippen LogP contribution is 2.34. The third-order valence-corrected chi connectivity index (χ3v) is 3.61. The van der Waals surface area contributed by atoms with Crippen LogP contribution in [0.4, 0.5) is 23.0 Å². The number of azo groups is 1. The van der Waals surface area contributed by atoms with E-state index < -0.39 is 0 Å². The third kappa shape index (κ3) is 4.39. The van der Waals surface area contributed by atoms with E-state index >= 15 is 0 Å². The number of nitrogens with two attached hydrogens (primary N) is 2. The molecule has 1 fully saturated rings. The number of aromatic nitrogens is 1. The van der Waals surface area contributed by atoms with E-state index in [2.05, 4.69) is 20.5 Å². The average Bonchev–Trinajstić information content (AvgIpc) is 3.47. The predicted molar refractivity (Wildman–Crippen MR) is 95.3 cm³/mol. The molecule has 0 radical (unpaired) electrons. The van der Waals surface area contributed by atoms with Gasteiger partial charge in [0.05, 0.1) is 12.5 Å². The zero-order chi connectivity index (χ0) is 18.5. The normalized spacial score (nSPS) is 13.6. The van der Waals surface area contributed by atoms with Crippen LogP contribution < -0.4 is 21.5 Å². The van der Waals surface area contributed by atoms with Crippen LogP contribution in [0, 0.1) is 5.92 Å². The maximum atomic E-state index is 11.8. The summed E-state index contributed by atoms with van der Waals surface area (Å²) in [4.78, 5) is 27.1. The molecule has 5 N–H and O–H groups in total. The van der Waals surface area contributed by atoms with Crippen molar-refractivity contribution in [2.24, 2.45) is 21.9 Å². The number of carbonyl (C=O) groups excluding carboxylic acids is 2. The minimum absolute atomic E-state index is 0.0175. The summed E-state index contributed by atoms with van der Waals surface area (Å²) in [5, 5.41) is 10.6. The Morgan fingerprint density at radius 3 is 2.58 bits per heavy atom. The molecule has 0 atom stereocenters. The molecule has 3 rings (SSSR count). The van der Waals surface area contributed by atoms with E-state index in [0.717, 1.165) is 12.8 Å². The molecule has 1 aromatic heterocycles. The second kappa shape index (κ2) is 7.70. The number of anilines is 2. The van der Waals surface area contributed by atoms with Crippen LogP contribution in [0.25, 0.3) is 0 Å². The zero-order valence-electron chi connectivity index (χ0n) is 13.9. The molecule has 0 spiro atoms. The first-order valence-corrected chi connectivity index (χ1v) is 8.05. The van der Waals surface area contributed by atoms with Gasteiger partial charge in [-0.3, -0.25) is 9.59 Å². The third-order valence-electron chi connectivity index (χ3n) is 3.61. The lowest BCUT2D eigenvalue weighted by Gasteiger charge is -2.06. The fourth-order valence-corrected chi connectivity index (χ4v) is 2.06. The summed E-state index contributed by atoms with van der Waals surface area (Å²) in [5.41, 5.74) is 11.8. The van der Waals surface area contributed by atoms with Crippen molar-refractivity contribution in [2.45, 2.75) is 12.8 Å². The number of nitrogen functional groups attached to an aromatic ring is 1. The van der Waals surface area contributed by atoms with Crippen molar-refractivity contribution >= 4 is 34.9 Å². The summed E-state index contributed by atoms with van der Waals surface area (Å²) in [6.07, 6.45) is 1.72. The topological polar surface area (TPSA) is 145 Å². The number of rotatable bonds is 6.